The summed E-state index contributed by atoms with van der Waals surface area (Å²) < 4.78 is 58.2. The van der Waals surface area contributed by atoms with Gasteiger partial charge in [-0.25, -0.2) is 17.2 Å². The zero-order valence-corrected chi connectivity index (χ0v) is 14.6. The van der Waals surface area contributed by atoms with Crippen LogP contribution >= 0.6 is 0 Å². The quantitative estimate of drug-likeness (QED) is 0.864. The number of hydrogen-bond acceptors (Lipinski definition) is 4. The Morgan fingerprint density at radius 2 is 1.96 bits per heavy atom. The van der Waals surface area contributed by atoms with Gasteiger partial charge in [-0.15, -0.1) is 0 Å². The minimum atomic E-state index is -4.11. The minimum Gasteiger partial charge on any atom is -0.373 e. The predicted octanol–water partition coefficient (Wildman–Crippen LogP) is 2.61. The topological polar surface area (TPSA) is 72.5 Å². The van der Waals surface area contributed by atoms with Gasteiger partial charge in [-0.05, 0) is 23.6 Å². The summed E-state index contributed by atoms with van der Waals surface area (Å²) in [5.74, 6) is -3.28. The Bertz CT molecular complexity index is 931. The molecule has 0 spiro atoms. The average molecular weight is 381 g/mol. The fourth-order valence-corrected chi connectivity index (χ4v) is 4.05. The van der Waals surface area contributed by atoms with Crippen LogP contribution in [-0.2, 0) is 31.7 Å². The van der Waals surface area contributed by atoms with Crippen LogP contribution in [0.2, 0.25) is 0 Å². The van der Waals surface area contributed by atoms with Crippen LogP contribution in [0.3, 0.4) is 0 Å². The van der Waals surface area contributed by atoms with E-state index in [4.69, 9.17) is 4.74 Å². The standard InChI is InChI=1S/C18H17F2NO4S/c19-14-6-5-13(16(20)9-14)11-26(23,24)21-18(22)10-17-15-4-2-1-3-12(15)7-8-25-17/h1-6,9,17H,7-8,10-11H2,(H,21,22)/t17-/m1/s1. The van der Waals surface area contributed by atoms with E-state index in [9.17, 15) is 22.0 Å². The van der Waals surface area contributed by atoms with E-state index in [1.807, 2.05) is 29.0 Å². The smallest absolute Gasteiger partial charge is 0.239 e. The number of halogens is 2. The van der Waals surface area contributed by atoms with E-state index in [0.29, 0.717) is 12.7 Å². The van der Waals surface area contributed by atoms with Gasteiger partial charge in [-0.1, -0.05) is 30.3 Å². The Hall–Kier alpha value is -2.32. The second-order valence-corrected chi connectivity index (χ2v) is 7.75. The molecular weight excluding hydrogens is 364 g/mol. The van der Waals surface area contributed by atoms with Crippen molar-refractivity contribution < 1.29 is 26.7 Å². The van der Waals surface area contributed by atoms with E-state index in [1.54, 1.807) is 0 Å². The lowest BCUT2D eigenvalue weighted by molar-refractivity contribution is -0.122. The van der Waals surface area contributed by atoms with Crippen molar-refractivity contribution in [2.24, 2.45) is 0 Å². The SMILES string of the molecule is O=C(C[C@H]1OCCc2ccccc21)NS(=O)(=O)Cc1ccc(F)cc1F. The maximum absolute atomic E-state index is 13.6. The number of hydrogen-bond donors (Lipinski definition) is 1. The highest BCUT2D eigenvalue weighted by Gasteiger charge is 2.25. The Kier molecular flexibility index (Phi) is 5.33. The van der Waals surface area contributed by atoms with Crippen LogP contribution in [0.15, 0.2) is 42.5 Å². The Balaban J connectivity index is 1.66. The van der Waals surface area contributed by atoms with E-state index in [1.165, 1.54) is 0 Å². The fourth-order valence-electron chi connectivity index (χ4n) is 2.91. The van der Waals surface area contributed by atoms with Crippen molar-refractivity contribution in [1.29, 1.82) is 0 Å². The van der Waals surface area contributed by atoms with Crippen LogP contribution in [0.5, 0.6) is 0 Å². The molecule has 0 aliphatic carbocycles. The first-order valence-electron chi connectivity index (χ1n) is 8.01. The van der Waals surface area contributed by atoms with Gasteiger partial charge >= 0.3 is 0 Å². The molecule has 0 saturated heterocycles. The van der Waals surface area contributed by atoms with Gasteiger partial charge in [0.2, 0.25) is 15.9 Å². The molecule has 0 bridgehead atoms. The monoisotopic (exact) mass is 381 g/mol. The summed E-state index contributed by atoms with van der Waals surface area (Å²) in [5, 5.41) is 0. The second-order valence-electron chi connectivity index (χ2n) is 6.03. The molecule has 0 fully saturated rings. The number of amides is 1. The molecule has 8 heteroatoms. The number of carbonyl (C=O) groups is 1. The summed E-state index contributed by atoms with van der Waals surface area (Å²) in [4.78, 5) is 12.1. The van der Waals surface area contributed by atoms with E-state index < -0.39 is 39.4 Å². The molecule has 0 saturated carbocycles. The first-order chi connectivity index (χ1) is 12.3. The summed E-state index contributed by atoms with van der Waals surface area (Å²) >= 11 is 0. The van der Waals surface area contributed by atoms with Gasteiger partial charge in [0.05, 0.1) is 24.9 Å². The Morgan fingerprint density at radius 1 is 1.19 bits per heavy atom. The third-order valence-corrected chi connectivity index (χ3v) is 5.32. The van der Waals surface area contributed by atoms with Crippen LogP contribution in [0, 0.1) is 11.6 Å². The van der Waals surface area contributed by atoms with Crippen molar-refractivity contribution in [2.45, 2.75) is 24.7 Å². The average Bonchev–Trinajstić information content (AvgIpc) is 2.57. The number of rotatable bonds is 5. The maximum Gasteiger partial charge on any atom is 0.239 e. The van der Waals surface area contributed by atoms with Crippen LogP contribution in [0.1, 0.15) is 29.2 Å². The maximum atomic E-state index is 13.6. The zero-order chi connectivity index (χ0) is 18.7. The van der Waals surface area contributed by atoms with Crippen molar-refractivity contribution in [2.75, 3.05) is 6.61 Å². The molecular formula is C18H17F2NO4S. The Labute approximate surface area is 150 Å². The molecule has 1 atom stereocenters. The largest absolute Gasteiger partial charge is 0.373 e. The van der Waals surface area contributed by atoms with Crippen molar-refractivity contribution in [3.63, 3.8) is 0 Å². The lowest BCUT2D eigenvalue weighted by atomic mass is 9.96. The first kappa shape index (κ1) is 18.5. The van der Waals surface area contributed by atoms with Crippen LogP contribution < -0.4 is 4.72 Å². The molecule has 2 aromatic carbocycles. The molecule has 1 N–H and O–H groups in total. The zero-order valence-electron chi connectivity index (χ0n) is 13.7. The molecule has 1 heterocycles. The number of nitrogens with one attached hydrogen (secondary N) is 1. The molecule has 0 radical (unpaired) electrons. The van der Waals surface area contributed by atoms with E-state index in [0.717, 1.165) is 29.7 Å². The number of ether oxygens (including phenoxy) is 1. The normalized spacial score (nSPS) is 16.8. The first-order valence-corrected chi connectivity index (χ1v) is 9.66. The van der Waals surface area contributed by atoms with Crippen molar-refractivity contribution >= 4 is 15.9 Å². The summed E-state index contributed by atoms with van der Waals surface area (Å²) in [6.45, 7) is 0.447. The molecule has 5 nitrogen and oxygen atoms in total. The number of sulfonamides is 1. The van der Waals surface area contributed by atoms with Gasteiger partial charge in [-0.3, -0.25) is 9.52 Å². The van der Waals surface area contributed by atoms with Gasteiger partial charge in [0.15, 0.2) is 0 Å². The molecule has 1 amide bonds. The highest BCUT2D eigenvalue weighted by atomic mass is 32.2. The highest BCUT2D eigenvalue weighted by Crippen LogP contribution is 2.29. The highest BCUT2D eigenvalue weighted by molar-refractivity contribution is 7.89. The molecule has 3 rings (SSSR count). The van der Waals surface area contributed by atoms with Crippen LogP contribution in [-0.4, -0.2) is 20.9 Å². The number of carbonyl (C=O) groups excluding carboxylic acids is 1. The van der Waals surface area contributed by atoms with E-state index >= 15 is 0 Å². The van der Waals surface area contributed by atoms with Gasteiger partial charge in [-0.2, -0.15) is 0 Å². The van der Waals surface area contributed by atoms with Gasteiger partial charge < -0.3 is 4.74 Å². The third-order valence-electron chi connectivity index (χ3n) is 4.09. The molecule has 0 unspecified atom stereocenters. The lowest BCUT2D eigenvalue weighted by Crippen LogP contribution is -2.33. The summed E-state index contributed by atoms with van der Waals surface area (Å²) in [5.41, 5.74) is 1.70. The summed E-state index contributed by atoms with van der Waals surface area (Å²) in [7, 11) is -4.11. The molecule has 1 aliphatic heterocycles. The third kappa shape index (κ3) is 4.44. The lowest BCUT2D eigenvalue weighted by Gasteiger charge is -2.25. The molecule has 26 heavy (non-hydrogen) atoms. The van der Waals surface area contributed by atoms with Crippen LogP contribution in [0.4, 0.5) is 8.78 Å². The van der Waals surface area contributed by atoms with Gasteiger partial charge in [0, 0.05) is 11.6 Å². The summed E-state index contributed by atoms with van der Waals surface area (Å²) in [6.07, 6.45) is 0.0381. The molecule has 2 aromatic rings. The summed E-state index contributed by atoms with van der Waals surface area (Å²) in [6, 6.07) is 10.1. The van der Waals surface area contributed by atoms with E-state index in [-0.39, 0.29) is 12.0 Å². The van der Waals surface area contributed by atoms with Crippen molar-refractivity contribution in [3.8, 4) is 0 Å². The molecule has 1 aliphatic rings. The molecule has 138 valence electrons. The van der Waals surface area contributed by atoms with E-state index in [2.05, 4.69) is 0 Å². The minimum absolute atomic E-state index is 0.165. The fraction of sp³-hybridized carbons (Fsp3) is 0.278. The van der Waals surface area contributed by atoms with Gasteiger partial charge in [0.25, 0.3) is 0 Å². The van der Waals surface area contributed by atoms with Crippen molar-refractivity contribution in [3.05, 3.63) is 70.8 Å². The van der Waals surface area contributed by atoms with Crippen LogP contribution in [0.25, 0.3) is 0 Å². The van der Waals surface area contributed by atoms with Crippen molar-refractivity contribution in [1.82, 2.24) is 4.72 Å². The number of benzene rings is 2. The molecule has 0 aromatic heterocycles. The predicted molar refractivity (Wildman–Crippen MR) is 90.6 cm³/mol. The number of fused-ring (bicyclic) bond motifs is 1. The Morgan fingerprint density at radius 3 is 2.73 bits per heavy atom. The van der Waals surface area contributed by atoms with Gasteiger partial charge in [0.1, 0.15) is 11.6 Å². The second kappa shape index (κ2) is 7.51.